The first-order chi connectivity index (χ1) is 19.4. The summed E-state index contributed by atoms with van der Waals surface area (Å²) in [5.41, 5.74) is 2.44. The van der Waals surface area contributed by atoms with Crippen LogP contribution in [0.15, 0.2) is 43.3 Å². The van der Waals surface area contributed by atoms with E-state index in [1.54, 1.807) is 6.08 Å². The molecule has 4 aliphatic heterocycles. The summed E-state index contributed by atoms with van der Waals surface area (Å²) in [6, 6.07) is 4.79. The summed E-state index contributed by atoms with van der Waals surface area (Å²) in [6.07, 6.45) is 5.40. The molecule has 2 atom stereocenters. The molecule has 3 fully saturated rings. The largest absolute Gasteiger partial charge is 0.378 e. The van der Waals surface area contributed by atoms with Gasteiger partial charge in [0, 0.05) is 62.6 Å². The number of nitrogens with zero attached hydrogens (tertiary/aromatic N) is 5. The number of hydrogen-bond donors (Lipinski definition) is 3. The minimum absolute atomic E-state index is 0.0138. The van der Waals surface area contributed by atoms with Crippen molar-refractivity contribution in [2.24, 2.45) is 0 Å². The van der Waals surface area contributed by atoms with Gasteiger partial charge in [-0.25, -0.2) is 14.4 Å². The second kappa shape index (κ2) is 11.1. The molecule has 1 amide bonds. The minimum atomic E-state index is -0.497. The normalized spacial score (nSPS) is 23.3. The van der Waals surface area contributed by atoms with Crippen LogP contribution < -0.4 is 20.9 Å². The van der Waals surface area contributed by atoms with E-state index in [4.69, 9.17) is 4.74 Å². The van der Waals surface area contributed by atoms with Gasteiger partial charge >= 0.3 is 0 Å². The van der Waals surface area contributed by atoms with Gasteiger partial charge in [-0.05, 0) is 38.0 Å². The molecule has 6 rings (SSSR count). The number of likely N-dealkylation sites (tertiary alicyclic amines) is 1. The van der Waals surface area contributed by atoms with Gasteiger partial charge in [-0.1, -0.05) is 13.2 Å². The van der Waals surface area contributed by atoms with Crippen molar-refractivity contribution >= 4 is 29.0 Å². The van der Waals surface area contributed by atoms with Crippen LogP contribution in [0.4, 0.5) is 27.5 Å². The van der Waals surface area contributed by atoms with E-state index in [0.717, 1.165) is 63.6 Å². The average molecular weight is 549 g/mol. The number of carbonyl (C=O) groups excluding carboxylic acids is 1. The maximum absolute atomic E-state index is 15.5. The van der Waals surface area contributed by atoms with Crippen LogP contribution in [0.3, 0.4) is 0 Å². The molecule has 3 N–H and O–H groups in total. The van der Waals surface area contributed by atoms with Crippen molar-refractivity contribution in [2.75, 3.05) is 61.5 Å². The number of halogens is 1. The number of piperazine rings is 1. The molecule has 0 saturated carbocycles. The molecule has 40 heavy (non-hydrogen) atoms. The van der Waals surface area contributed by atoms with E-state index in [1.807, 2.05) is 18.3 Å². The number of carbonyl (C=O) groups is 1. The summed E-state index contributed by atoms with van der Waals surface area (Å²) < 4.78 is 20.9. The maximum atomic E-state index is 15.5. The van der Waals surface area contributed by atoms with E-state index in [-0.39, 0.29) is 29.9 Å². The Bertz CT molecular complexity index is 1300. The number of amides is 1. The number of fused-ring (bicyclic) bond motifs is 1. The van der Waals surface area contributed by atoms with Crippen molar-refractivity contribution in [2.45, 2.75) is 44.4 Å². The lowest BCUT2D eigenvalue weighted by atomic mass is 10.0. The molecule has 0 radical (unpaired) electrons. The van der Waals surface area contributed by atoms with Gasteiger partial charge in [0.2, 0.25) is 0 Å². The zero-order chi connectivity index (χ0) is 27.8. The third kappa shape index (κ3) is 5.11. The van der Waals surface area contributed by atoms with E-state index >= 15 is 4.39 Å². The number of piperidine rings is 1. The van der Waals surface area contributed by atoms with Crippen molar-refractivity contribution in [3.8, 4) is 0 Å². The van der Waals surface area contributed by atoms with Gasteiger partial charge < -0.3 is 30.5 Å². The van der Waals surface area contributed by atoms with E-state index < -0.39 is 5.82 Å². The smallest absolute Gasteiger partial charge is 0.255 e. The highest BCUT2D eigenvalue weighted by Crippen LogP contribution is 2.32. The Hall–Kier alpha value is -3.70. The fourth-order valence-electron chi connectivity index (χ4n) is 6.03. The zero-order valence-electron chi connectivity index (χ0n) is 23.0. The number of allylic oxidation sites excluding steroid dienone is 1. The van der Waals surface area contributed by atoms with E-state index in [2.05, 4.69) is 60.7 Å². The second-order valence-corrected chi connectivity index (χ2v) is 11.0. The van der Waals surface area contributed by atoms with Crippen molar-refractivity contribution in [3.05, 3.63) is 60.2 Å². The number of ether oxygens (including phenoxy) is 1. The molecule has 0 spiro atoms. The Kier molecular flexibility index (Phi) is 7.33. The van der Waals surface area contributed by atoms with Crippen LogP contribution >= 0.6 is 0 Å². The van der Waals surface area contributed by atoms with Crippen LogP contribution in [-0.4, -0.2) is 89.7 Å². The lowest BCUT2D eigenvalue weighted by Gasteiger charge is -2.46. The van der Waals surface area contributed by atoms with Crippen molar-refractivity contribution in [3.63, 3.8) is 0 Å². The van der Waals surface area contributed by atoms with E-state index in [9.17, 15) is 4.79 Å². The first-order valence-corrected chi connectivity index (χ1v) is 14.1. The van der Waals surface area contributed by atoms with Gasteiger partial charge in [-0.2, -0.15) is 0 Å². The molecule has 0 bridgehead atoms. The van der Waals surface area contributed by atoms with Gasteiger partial charge in [0.15, 0.2) is 11.6 Å². The van der Waals surface area contributed by atoms with Gasteiger partial charge in [0.25, 0.3) is 5.91 Å². The fourth-order valence-corrected chi connectivity index (χ4v) is 6.03. The van der Waals surface area contributed by atoms with Gasteiger partial charge in [-0.3, -0.25) is 9.69 Å². The summed E-state index contributed by atoms with van der Waals surface area (Å²) in [4.78, 5) is 28.8. The Morgan fingerprint density at radius 2 is 2.08 bits per heavy atom. The van der Waals surface area contributed by atoms with E-state index in [0.29, 0.717) is 35.8 Å². The van der Waals surface area contributed by atoms with Gasteiger partial charge in [-0.15, -0.1) is 0 Å². The molecule has 212 valence electrons. The Morgan fingerprint density at radius 3 is 2.77 bits per heavy atom. The predicted molar refractivity (Wildman–Crippen MR) is 153 cm³/mol. The molecule has 10 nitrogen and oxygen atoms in total. The minimum Gasteiger partial charge on any atom is -0.378 e. The molecule has 11 heteroatoms. The van der Waals surface area contributed by atoms with Crippen LogP contribution in [0.2, 0.25) is 0 Å². The molecular weight excluding hydrogens is 511 g/mol. The maximum Gasteiger partial charge on any atom is 0.255 e. The van der Waals surface area contributed by atoms with Crippen LogP contribution in [0.1, 0.15) is 35.7 Å². The van der Waals surface area contributed by atoms with Crippen molar-refractivity contribution < 1.29 is 13.9 Å². The molecule has 4 aliphatic rings. The van der Waals surface area contributed by atoms with Crippen LogP contribution in [0, 0.1) is 5.82 Å². The lowest BCUT2D eigenvalue weighted by molar-refractivity contribution is -0.0691. The molecular formula is C29H37FN8O2. The third-order valence-electron chi connectivity index (χ3n) is 8.41. The summed E-state index contributed by atoms with van der Waals surface area (Å²) in [5.74, 6) is 0.126. The number of aromatic nitrogens is 2. The van der Waals surface area contributed by atoms with Crippen molar-refractivity contribution in [1.29, 1.82) is 0 Å². The van der Waals surface area contributed by atoms with Crippen LogP contribution in [0.5, 0.6) is 0 Å². The summed E-state index contributed by atoms with van der Waals surface area (Å²) in [7, 11) is 0. The summed E-state index contributed by atoms with van der Waals surface area (Å²) >= 11 is 0. The highest BCUT2D eigenvalue weighted by Gasteiger charge is 2.33. The number of hydrogen-bond acceptors (Lipinski definition) is 9. The third-order valence-corrected chi connectivity index (χ3v) is 8.41. The summed E-state index contributed by atoms with van der Waals surface area (Å²) in [5, 5.41) is 9.20. The van der Waals surface area contributed by atoms with Crippen LogP contribution in [-0.2, 0) is 11.3 Å². The molecule has 2 unspecified atom stereocenters. The highest BCUT2D eigenvalue weighted by atomic mass is 19.1. The first-order valence-electron chi connectivity index (χ1n) is 14.1. The number of pyridine rings is 2. The second-order valence-electron chi connectivity index (χ2n) is 11.0. The Morgan fingerprint density at radius 1 is 1.23 bits per heavy atom. The number of anilines is 4. The monoisotopic (exact) mass is 548 g/mol. The first kappa shape index (κ1) is 26.5. The lowest BCUT2D eigenvalue weighted by Crippen LogP contribution is -2.59. The number of nitrogens with one attached hydrogen (secondary N) is 3. The summed E-state index contributed by atoms with van der Waals surface area (Å²) in [6.45, 7) is 16.3. The van der Waals surface area contributed by atoms with Crippen molar-refractivity contribution in [1.82, 2.24) is 25.1 Å². The molecule has 2 aromatic rings. The molecule has 0 aromatic carbocycles. The average Bonchev–Trinajstić information content (AvgIpc) is 3.32. The molecule has 3 saturated heterocycles. The van der Waals surface area contributed by atoms with E-state index in [1.165, 1.54) is 0 Å². The van der Waals surface area contributed by atoms with Crippen LogP contribution in [0.25, 0.3) is 0 Å². The quantitative estimate of drug-likeness (QED) is 0.430. The van der Waals surface area contributed by atoms with Gasteiger partial charge in [0.1, 0.15) is 11.6 Å². The SMILES string of the molecule is C=CC(=C)N1CCCC(Nc2nc(Nc3ccc(N4CCN(C5COC5)CC4C)cn3)c3c(c2F)CNC3=O)C1. The van der Waals surface area contributed by atoms with Gasteiger partial charge in [0.05, 0.1) is 36.7 Å². The predicted octanol–water partition coefficient (Wildman–Crippen LogP) is 3.09. The number of rotatable bonds is 8. The highest BCUT2D eigenvalue weighted by molar-refractivity contribution is 6.03. The Labute approximate surface area is 234 Å². The fraction of sp³-hybridized carbons (Fsp3) is 0.483. The standard InChI is InChI=1S/C29H37FN8O2/c1-4-18(2)36-9-5-6-20(15-36)33-28-26(30)23-13-32-29(39)25(23)27(35-28)34-24-8-7-21(12-31-24)38-11-10-37(14-19(38)3)22-16-40-17-22/h4,7-8,12,19-20,22H,1-2,5-6,9-11,13-17H2,3H3,(H,32,39)(H2,31,33,34,35). The topological polar surface area (TPSA) is 97.9 Å². The molecule has 6 heterocycles. The molecule has 0 aliphatic carbocycles. The zero-order valence-corrected chi connectivity index (χ0v) is 23.0. The Balaban J connectivity index is 1.18. The molecule has 2 aromatic heterocycles.